The third-order valence-electron chi connectivity index (χ3n) is 2.41. The van der Waals surface area contributed by atoms with Gasteiger partial charge < -0.3 is 9.47 Å². The summed E-state index contributed by atoms with van der Waals surface area (Å²) in [5.74, 6) is -0.400. The number of carbonyl (C=O) groups excluding carboxylic acids is 1. The molecule has 0 aromatic rings. The molecule has 94 valence electrons. The predicted molar refractivity (Wildman–Crippen MR) is 63.2 cm³/mol. The molecule has 1 unspecified atom stereocenters. The minimum absolute atomic E-state index is 0. The van der Waals surface area contributed by atoms with Crippen LogP contribution in [0.3, 0.4) is 0 Å². The molecule has 0 amide bonds. The number of hydrogen-bond donors (Lipinski definition) is 0. The van der Waals surface area contributed by atoms with E-state index >= 15 is 0 Å². The Bertz CT molecular complexity index is 232. The quantitative estimate of drug-likeness (QED) is 0.417. The van der Waals surface area contributed by atoms with Crippen molar-refractivity contribution >= 4 is 18.4 Å². The lowest BCUT2D eigenvalue weighted by Gasteiger charge is -2.37. The van der Waals surface area contributed by atoms with Crippen molar-refractivity contribution in [3.05, 3.63) is 12.7 Å². The van der Waals surface area contributed by atoms with Gasteiger partial charge in [0.05, 0.1) is 13.2 Å². The molecular formula is C10H19ClN2O3. The van der Waals surface area contributed by atoms with Crippen molar-refractivity contribution in [1.82, 2.24) is 10.0 Å². The number of morpholine rings is 1. The van der Waals surface area contributed by atoms with Crippen LogP contribution in [0.25, 0.3) is 0 Å². The van der Waals surface area contributed by atoms with Gasteiger partial charge in [0.1, 0.15) is 0 Å². The van der Waals surface area contributed by atoms with Crippen LogP contribution in [0.1, 0.15) is 6.92 Å². The first kappa shape index (κ1) is 15.4. The Labute approximate surface area is 102 Å². The molecule has 0 aromatic heterocycles. The van der Waals surface area contributed by atoms with Gasteiger partial charge in [0.25, 0.3) is 0 Å². The van der Waals surface area contributed by atoms with E-state index in [-0.39, 0.29) is 18.6 Å². The van der Waals surface area contributed by atoms with Gasteiger partial charge in [-0.2, -0.15) is 0 Å². The molecule has 0 aromatic carbocycles. The van der Waals surface area contributed by atoms with Crippen molar-refractivity contribution in [3.63, 3.8) is 0 Å². The molecule has 1 fully saturated rings. The summed E-state index contributed by atoms with van der Waals surface area (Å²) in [4.78, 5) is 11.0. The van der Waals surface area contributed by atoms with Crippen molar-refractivity contribution in [2.75, 3.05) is 33.4 Å². The highest BCUT2D eigenvalue weighted by atomic mass is 35.5. The summed E-state index contributed by atoms with van der Waals surface area (Å²) < 4.78 is 10.3. The molecule has 1 aliphatic rings. The van der Waals surface area contributed by atoms with Crippen LogP contribution in [0.2, 0.25) is 0 Å². The first-order valence-corrected chi connectivity index (χ1v) is 5.03. The summed E-state index contributed by atoms with van der Waals surface area (Å²) in [6.07, 6.45) is 0.887. The fourth-order valence-electron chi connectivity index (χ4n) is 1.39. The highest BCUT2D eigenvalue weighted by Crippen LogP contribution is 2.06. The molecule has 6 heteroatoms. The van der Waals surface area contributed by atoms with E-state index in [0.29, 0.717) is 13.2 Å². The first-order chi connectivity index (χ1) is 7.15. The van der Waals surface area contributed by atoms with Crippen molar-refractivity contribution in [3.8, 4) is 0 Å². The van der Waals surface area contributed by atoms with Crippen LogP contribution in [0.5, 0.6) is 0 Å². The summed E-state index contributed by atoms with van der Waals surface area (Å²) in [6, 6.07) is 0. The monoisotopic (exact) mass is 250 g/mol. The molecule has 1 rings (SSSR count). The predicted octanol–water partition coefficient (Wildman–Crippen LogP) is 0.662. The van der Waals surface area contributed by atoms with Gasteiger partial charge in [-0.1, -0.05) is 6.58 Å². The largest absolute Gasteiger partial charge is 0.442 e. The molecule has 1 saturated heterocycles. The Morgan fingerprint density at radius 2 is 2.12 bits per heavy atom. The zero-order chi connectivity index (χ0) is 11.3. The number of carbonyl (C=O) groups is 1. The Kier molecular flexibility index (Phi) is 7.33. The molecule has 0 N–H and O–H groups in total. The lowest BCUT2D eigenvalue weighted by atomic mass is 10.5. The number of hydrazine groups is 1. The average molecular weight is 251 g/mol. The molecule has 0 saturated carbocycles. The zero-order valence-corrected chi connectivity index (χ0v) is 10.5. The topological polar surface area (TPSA) is 42.0 Å². The van der Waals surface area contributed by atoms with Gasteiger partial charge in [0, 0.05) is 26.2 Å². The van der Waals surface area contributed by atoms with Crippen LogP contribution < -0.4 is 0 Å². The molecule has 16 heavy (non-hydrogen) atoms. The number of halogens is 1. The Hall–Kier alpha value is -0.620. The highest BCUT2D eigenvalue weighted by molar-refractivity contribution is 5.85. The molecule has 0 bridgehead atoms. The number of hydrogen-bond acceptors (Lipinski definition) is 5. The second-order valence-corrected chi connectivity index (χ2v) is 3.38. The summed E-state index contributed by atoms with van der Waals surface area (Å²) in [7, 11) is 1.90. The highest BCUT2D eigenvalue weighted by Gasteiger charge is 2.21. The van der Waals surface area contributed by atoms with Crippen LogP contribution >= 0.6 is 12.4 Å². The van der Waals surface area contributed by atoms with Crippen LogP contribution in [0, 0.1) is 0 Å². The third-order valence-corrected chi connectivity index (χ3v) is 2.41. The van der Waals surface area contributed by atoms with E-state index in [2.05, 4.69) is 11.6 Å². The SMILES string of the molecule is C=CC(=O)OC(C)N(C)N1CCOCC1.Cl. The lowest BCUT2D eigenvalue weighted by Crippen LogP contribution is -2.51. The summed E-state index contributed by atoms with van der Waals surface area (Å²) in [5, 5.41) is 4.01. The Morgan fingerprint density at radius 3 is 2.62 bits per heavy atom. The van der Waals surface area contributed by atoms with Crippen molar-refractivity contribution in [1.29, 1.82) is 0 Å². The van der Waals surface area contributed by atoms with Gasteiger partial charge in [-0.25, -0.2) is 14.8 Å². The molecule has 5 nitrogen and oxygen atoms in total. The molecule has 1 heterocycles. The smallest absolute Gasteiger partial charge is 0.331 e. The van der Waals surface area contributed by atoms with Gasteiger partial charge in [-0.05, 0) is 6.92 Å². The van der Waals surface area contributed by atoms with E-state index in [1.165, 1.54) is 6.08 Å². The van der Waals surface area contributed by atoms with Gasteiger partial charge in [-0.15, -0.1) is 12.4 Å². The Morgan fingerprint density at radius 1 is 1.56 bits per heavy atom. The van der Waals surface area contributed by atoms with Gasteiger partial charge in [0.15, 0.2) is 6.23 Å². The van der Waals surface area contributed by atoms with E-state index in [1.54, 1.807) is 0 Å². The van der Waals surface area contributed by atoms with E-state index < -0.39 is 5.97 Å². The second kappa shape index (κ2) is 7.62. The van der Waals surface area contributed by atoms with E-state index in [0.717, 1.165) is 13.1 Å². The normalized spacial score (nSPS) is 18.7. The van der Waals surface area contributed by atoms with Crippen molar-refractivity contribution < 1.29 is 14.3 Å². The van der Waals surface area contributed by atoms with Crippen LogP contribution in [0.15, 0.2) is 12.7 Å². The summed E-state index contributed by atoms with van der Waals surface area (Å²) in [5.41, 5.74) is 0. The third kappa shape index (κ3) is 4.49. The molecule has 0 aliphatic carbocycles. The maximum atomic E-state index is 11.0. The van der Waals surface area contributed by atoms with Crippen LogP contribution in [-0.4, -0.2) is 55.6 Å². The fourth-order valence-corrected chi connectivity index (χ4v) is 1.39. The lowest BCUT2D eigenvalue weighted by molar-refractivity contribution is -0.180. The van der Waals surface area contributed by atoms with E-state index in [1.807, 2.05) is 19.0 Å². The standard InChI is InChI=1S/C10H18N2O3.ClH/c1-4-10(13)15-9(2)11(3)12-5-7-14-8-6-12;/h4,9H,1,5-8H2,2-3H3;1H. The maximum absolute atomic E-state index is 11.0. The van der Waals surface area contributed by atoms with Crippen molar-refractivity contribution in [2.24, 2.45) is 0 Å². The number of ether oxygens (including phenoxy) is 2. The number of esters is 1. The molecule has 0 radical (unpaired) electrons. The van der Waals surface area contributed by atoms with Crippen LogP contribution in [0.4, 0.5) is 0 Å². The number of rotatable bonds is 4. The molecule has 1 atom stereocenters. The second-order valence-electron chi connectivity index (χ2n) is 3.38. The minimum atomic E-state index is -0.400. The molecular weight excluding hydrogens is 232 g/mol. The molecule has 0 spiro atoms. The average Bonchev–Trinajstić information content (AvgIpc) is 2.29. The van der Waals surface area contributed by atoms with Gasteiger partial charge in [-0.3, -0.25) is 0 Å². The van der Waals surface area contributed by atoms with E-state index in [4.69, 9.17) is 9.47 Å². The van der Waals surface area contributed by atoms with Crippen LogP contribution in [-0.2, 0) is 14.3 Å². The maximum Gasteiger partial charge on any atom is 0.331 e. The van der Waals surface area contributed by atoms with E-state index in [9.17, 15) is 4.79 Å². The number of nitrogens with zero attached hydrogens (tertiary/aromatic N) is 2. The van der Waals surface area contributed by atoms with Gasteiger partial charge >= 0.3 is 5.97 Å². The zero-order valence-electron chi connectivity index (χ0n) is 9.72. The van der Waals surface area contributed by atoms with Crippen molar-refractivity contribution in [2.45, 2.75) is 13.2 Å². The Balaban J connectivity index is 0.00000225. The minimum Gasteiger partial charge on any atom is -0.442 e. The fraction of sp³-hybridized carbons (Fsp3) is 0.700. The van der Waals surface area contributed by atoms with Gasteiger partial charge in [0.2, 0.25) is 0 Å². The first-order valence-electron chi connectivity index (χ1n) is 5.03. The summed E-state index contributed by atoms with van der Waals surface area (Å²) in [6.45, 7) is 8.27. The molecule has 1 aliphatic heterocycles. The summed E-state index contributed by atoms with van der Waals surface area (Å²) >= 11 is 0.